The lowest BCUT2D eigenvalue weighted by atomic mass is 10.0. The van der Waals surface area contributed by atoms with Crippen molar-refractivity contribution in [1.29, 1.82) is 0 Å². The second-order valence-electron chi connectivity index (χ2n) is 3.31. The lowest BCUT2D eigenvalue weighted by Gasteiger charge is -2.15. The molecule has 1 aromatic carbocycles. The summed E-state index contributed by atoms with van der Waals surface area (Å²) in [7, 11) is 2.51. The van der Waals surface area contributed by atoms with Crippen LogP contribution in [0, 0.1) is 0 Å². The molecule has 0 fully saturated rings. The van der Waals surface area contributed by atoms with Gasteiger partial charge in [0.1, 0.15) is 0 Å². The summed E-state index contributed by atoms with van der Waals surface area (Å²) >= 11 is 0. The van der Waals surface area contributed by atoms with E-state index in [0.717, 1.165) is 19.1 Å². The van der Waals surface area contributed by atoms with E-state index in [2.05, 4.69) is 0 Å². The summed E-state index contributed by atoms with van der Waals surface area (Å²) in [5, 5.41) is 0. The average Bonchev–Trinajstić information content (AvgIpc) is 2.25. The van der Waals surface area contributed by atoms with Crippen LogP contribution in [0.3, 0.4) is 0 Å². The minimum absolute atomic E-state index is 0.0650. The van der Waals surface area contributed by atoms with Gasteiger partial charge in [-0.3, -0.25) is 4.79 Å². The normalized spacial score (nSPS) is 11.2. The molecule has 0 unspecified atom stereocenters. The third-order valence-corrected chi connectivity index (χ3v) is 2.21. The summed E-state index contributed by atoms with van der Waals surface area (Å²) < 4.78 is 47.8. The summed E-state index contributed by atoms with van der Waals surface area (Å²) in [6.45, 7) is 1.07. The van der Waals surface area contributed by atoms with Crippen molar-refractivity contribution in [3.63, 3.8) is 0 Å². The zero-order valence-electron chi connectivity index (χ0n) is 9.51. The molecule has 0 aromatic heterocycles. The second-order valence-corrected chi connectivity index (χ2v) is 3.31. The van der Waals surface area contributed by atoms with E-state index in [9.17, 15) is 18.0 Å². The molecule has 0 N–H and O–H groups in total. The lowest BCUT2D eigenvalue weighted by molar-refractivity contribution is -0.138. The molecule has 1 aromatic rings. The second kappa shape index (κ2) is 4.65. The van der Waals surface area contributed by atoms with Crippen molar-refractivity contribution in [2.24, 2.45) is 0 Å². The summed E-state index contributed by atoms with van der Waals surface area (Å²) in [6, 6.07) is 1.79. The van der Waals surface area contributed by atoms with Crippen molar-refractivity contribution in [2.75, 3.05) is 14.2 Å². The number of methoxy groups -OCH3 is 2. The van der Waals surface area contributed by atoms with Gasteiger partial charge >= 0.3 is 6.18 Å². The number of hydrogen-bond acceptors (Lipinski definition) is 3. The molecule has 0 radical (unpaired) electrons. The number of halogens is 3. The first-order chi connectivity index (χ1) is 7.81. The van der Waals surface area contributed by atoms with Gasteiger partial charge in [0, 0.05) is 5.56 Å². The SMILES string of the molecule is COc1cc(C(C)=O)c(C(F)(F)F)cc1OC. The minimum Gasteiger partial charge on any atom is -0.493 e. The fourth-order valence-electron chi connectivity index (χ4n) is 1.40. The van der Waals surface area contributed by atoms with E-state index >= 15 is 0 Å². The maximum atomic E-state index is 12.7. The quantitative estimate of drug-likeness (QED) is 0.771. The summed E-state index contributed by atoms with van der Waals surface area (Å²) in [5.41, 5.74) is -1.46. The summed E-state index contributed by atoms with van der Waals surface area (Å²) in [5.74, 6) is -0.659. The molecule has 0 amide bonds. The number of rotatable bonds is 3. The molecule has 0 saturated carbocycles. The highest BCUT2D eigenvalue weighted by atomic mass is 19.4. The summed E-state index contributed by atoms with van der Waals surface area (Å²) in [4.78, 5) is 11.2. The molecule has 0 saturated heterocycles. The Balaban J connectivity index is 3.52. The Morgan fingerprint density at radius 2 is 1.59 bits per heavy atom. The standard InChI is InChI=1S/C11H11F3O3/c1-6(15)7-4-9(16-2)10(17-3)5-8(7)11(12,13)14/h4-5H,1-3H3. The minimum atomic E-state index is -4.61. The van der Waals surface area contributed by atoms with Crippen molar-refractivity contribution in [3.8, 4) is 11.5 Å². The van der Waals surface area contributed by atoms with Crippen LogP contribution in [0.2, 0.25) is 0 Å². The topological polar surface area (TPSA) is 35.5 Å². The first-order valence-corrected chi connectivity index (χ1v) is 4.65. The van der Waals surface area contributed by atoms with Gasteiger partial charge in [-0.05, 0) is 19.1 Å². The monoisotopic (exact) mass is 248 g/mol. The van der Waals surface area contributed by atoms with Gasteiger partial charge in [-0.15, -0.1) is 0 Å². The molecule has 0 bridgehead atoms. The van der Waals surface area contributed by atoms with Crippen molar-refractivity contribution >= 4 is 5.78 Å². The third-order valence-electron chi connectivity index (χ3n) is 2.21. The van der Waals surface area contributed by atoms with Crippen molar-refractivity contribution in [1.82, 2.24) is 0 Å². The van der Waals surface area contributed by atoms with Gasteiger partial charge in [0.2, 0.25) is 0 Å². The van der Waals surface area contributed by atoms with E-state index in [0.29, 0.717) is 0 Å². The van der Waals surface area contributed by atoms with Crippen molar-refractivity contribution < 1.29 is 27.4 Å². The first-order valence-electron chi connectivity index (χ1n) is 4.65. The Hall–Kier alpha value is -1.72. The number of Topliss-reactive ketones (excluding diaryl/α,β-unsaturated/α-hetero) is 1. The third kappa shape index (κ3) is 2.69. The lowest BCUT2D eigenvalue weighted by Crippen LogP contribution is -2.12. The van der Waals surface area contributed by atoms with E-state index in [-0.39, 0.29) is 11.5 Å². The predicted octanol–water partition coefficient (Wildman–Crippen LogP) is 2.93. The Morgan fingerprint density at radius 3 is 1.94 bits per heavy atom. The predicted molar refractivity (Wildman–Crippen MR) is 54.6 cm³/mol. The fourth-order valence-corrected chi connectivity index (χ4v) is 1.40. The highest BCUT2D eigenvalue weighted by molar-refractivity contribution is 5.96. The number of benzene rings is 1. The van der Waals surface area contributed by atoms with E-state index in [4.69, 9.17) is 9.47 Å². The van der Waals surface area contributed by atoms with Crippen molar-refractivity contribution in [3.05, 3.63) is 23.3 Å². The average molecular weight is 248 g/mol. The highest BCUT2D eigenvalue weighted by Gasteiger charge is 2.35. The van der Waals surface area contributed by atoms with Crippen LogP contribution in [0.25, 0.3) is 0 Å². The van der Waals surface area contributed by atoms with Crippen LogP contribution >= 0.6 is 0 Å². The van der Waals surface area contributed by atoms with E-state index in [1.807, 2.05) is 0 Å². The highest BCUT2D eigenvalue weighted by Crippen LogP contribution is 2.39. The molecular weight excluding hydrogens is 237 g/mol. The number of ketones is 1. The molecule has 0 aliphatic rings. The molecule has 1 rings (SSSR count). The van der Waals surface area contributed by atoms with Crippen LogP contribution in [-0.2, 0) is 6.18 Å². The Bertz CT molecular complexity index is 438. The molecule has 0 aliphatic heterocycles. The number of alkyl halides is 3. The Morgan fingerprint density at radius 1 is 1.12 bits per heavy atom. The zero-order chi connectivity index (χ0) is 13.2. The molecule has 17 heavy (non-hydrogen) atoms. The van der Waals surface area contributed by atoms with E-state index in [1.54, 1.807) is 0 Å². The molecule has 0 aliphatic carbocycles. The van der Waals surface area contributed by atoms with Crippen LogP contribution in [0.1, 0.15) is 22.8 Å². The molecule has 6 heteroatoms. The number of ether oxygens (including phenoxy) is 2. The van der Waals surface area contributed by atoms with Crippen LogP contribution in [0.4, 0.5) is 13.2 Å². The van der Waals surface area contributed by atoms with Gasteiger partial charge in [-0.25, -0.2) is 0 Å². The Kier molecular flexibility index (Phi) is 3.65. The van der Waals surface area contributed by atoms with Gasteiger partial charge in [-0.2, -0.15) is 13.2 Å². The van der Waals surface area contributed by atoms with Gasteiger partial charge in [0.15, 0.2) is 17.3 Å². The maximum absolute atomic E-state index is 12.7. The molecule has 0 heterocycles. The molecule has 3 nitrogen and oxygen atoms in total. The Labute approximate surface area is 96.1 Å². The number of hydrogen-bond donors (Lipinski definition) is 0. The first kappa shape index (κ1) is 13.3. The molecule has 94 valence electrons. The number of carbonyl (C=O) groups excluding carboxylic acids is 1. The fraction of sp³-hybridized carbons (Fsp3) is 0.364. The summed E-state index contributed by atoms with van der Waals surface area (Å²) in [6.07, 6.45) is -4.61. The van der Waals surface area contributed by atoms with Gasteiger partial charge < -0.3 is 9.47 Å². The van der Waals surface area contributed by atoms with E-state index < -0.39 is 23.1 Å². The van der Waals surface area contributed by atoms with Crippen LogP contribution in [0.15, 0.2) is 12.1 Å². The van der Waals surface area contributed by atoms with Gasteiger partial charge in [-0.1, -0.05) is 0 Å². The molecule has 0 spiro atoms. The van der Waals surface area contributed by atoms with Gasteiger partial charge in [0.05, 0.1) is 19.8 Å². The van der Waals surface area contributed by atoms with Crippen molar-refractivity contribution in [2.45, 2.75) is 13.1 Å². The van der Waals surface area contributed by atoms with Crippen LogP contribution in [-0.4, -0.2) is 20.0 Å². The number of carbonyl (C=O) groups is 1. The molecule has 0 atom stereocenters. The largest absolute Gasteiger partial charge is 0.493 e. The van der Waals surface area contributed by atoms with Crippen LogP contribution < -0.4 is 9.47 Å². The maximum Gasteiger partial charge on any atom is 0.417 e. The van der Waals surface area contributed by atoms with Gasteiger partial charge in [0.25, 0.3) is 0 Å². The smallest absolute Gasteiger partial charge is 0.417 e. The molecular formula is C11H11F3O3. The van der Waals surface area contributed by atoms with Crippen LogP contribution in [0.5, 0.6) is 11.5 Å². The van der Waals surface area contributed by atoms with E-state index in [1.165, 1.54) is 14.2 Å². The zero-order valence-corrected chi connectivity index (χ0v) is 9.51.